The number of benzene rings is 1. The smallest absolute Gasteiger partial charge is 0.257 e. The van der Waals surface area contributed by atoms with Crippen LogP contribution in [0.3, 0.4) is 0 Å². The fraction of sp³-hybridized carbons (Fsp3) is 0.278. The van der Waals surface area contributed by atoms with Crippen LogP contribution in [0.15, 0.2) is 54.9 Å². The maximum atomic E-state index is 12.3. The minimum Gasteiger partial charge on any atom is -0.342 e. The monoisotopic (exact) mass is 325 g/mol. The number of nitrogens with zero attached hydrogens (tertiary/aromatic N) is 2. The van der Waals surface area contributed by atoms with Crippen LogP contribution in [0.5, 0.6) is 0 Å². The lowest BCUT2D eigenvalue weighted by atomic mass is 9.97. The predicted octanol–water partition coefficient (Wildman–Crippen LogP) is 3.32. The van der Waals surface area contributed by atoms with Gasteiger partial charge >= 0.3 is 0 Å². The molecule has 1 saturated heterocycles. The number of pyridine rings is 1. The summed E-state index contributed by atoms with van der Waals surface area (Å²) in [4.78, 5) is 18.6. The van der Waals surface area contributed by atoms with Gasteiger partial charge in [-0.1, -0.05) is 24.3 Å². The summed E-state index contributed by atoms with van der Waals surface area (Å²) >= 11 is 5.50. The Morgan fingerprint density at radius 3 is 2.74 bits per heavy atom. The molecular formula is C18H19N3OS. The van der Waals surface area contributed by atoms with Gasteiger partial charge in [0, 0.05) is 24.5 Å². The number of amides is 1. The summed E-state index contributed by atoms with van der Waals surface area (Å²) in [5.41, 5.74) is 1.76. The molecule has 0 radical (unpaired) electrons. The van der Waals surface area contributed by atoms with Crippen molar-refractivity contribution in [3.05, 3.63) is 66.0 Å². The van der Waals surface area contributed by atoms with Crippen molar-refractivity contribution in [2.75, 3.05) is 6.54 Å². The molecule has 2 aromatic rings. The number of carbonyl (C=O) groups excluding carboxylic acids is 1. The number of hydrogen-bond acceptors (Lipinski definition) is 3. The molecule has 1 aliphatic heterocycles. The number of aromatic nitrogens is 1. The average molecular weight is 325 g/mol. The lowest BCUT2D eigenvalue weighted by Gasteiger charge is -2.37. The van der Waals surface area contributed by atoms with E-state index in [4.69, 9.17) is 12.2 Å². The second-order valence-corrected chi connectivity index (χ2v) is 6.00. The van der Waals surface area contributed by atoms with Crippen LogP contribution in [0.2, 0.25) is 0 Å². The first-order chi connectivity index (χ1) is 11.3. The number of rotatable bonds is 2. The van der Waals surface area contributed by atoms with E-state index in [-0.39, 0.29) is 11.9 Å². The van der Waals surface area contributed by atoms with Crippen molar-refractivity contribution in [2.45, 2.75) is 25.3 Å². The topological polar surface area (TPSA) is 45.2 Å². The molecule has 0 saturated carbocycles. The molecule has 0 unspecified atom stereocenters. The molecule has 1 aromatic heterocycles. The third kappa shape index (κ3) is 3.74. The Balaban J connectivity index is 1.73. The van der Waals surface area contributed by atoms with Crippen molar-refractivity contribution >= 4 is 23.2 Å². The molecule has 1 N–H and O–H groups in total. The minimum atomic E-state index is -0.161. The van der Waals surface area contributed by atoms with Gasteiger partial charge in [0.1, 0.15) is 0 Å². The van der Waals surface area contributed by atoms with E-state index in [0.29, 0.717) is 10.7 Å². The molecule has 0 spiro atoms. The molecule has 2 heterocycles. The normalized spacial score (nSPS) is 17.6. The molecular weight excluding hydrogens is 306 g/mol. The fourth-order valence-corrected chi connectivity index (χ4v) is 3.24. The Morgan fingerprint density at radius 1 is 1.17 bits per heavy atom. The quantitative estimate of drug-likeness (QED) is 0.860. The standard InChI is InChI=1S/C18H19N3OS/c22-17(14-7-2-1-3-8-14)20-18(23)21-12-5-4-10-16(21)15-9-6-11-19-13-15/h1-3,6-9,11,13,16H,4-5,10,12H2,(H,20,22,23)/t16-/m0/s1. The third-order valence-electron chi connectivity index (χ3n) is 4.09. The zero-order valence-electron chi connectivity index (χ0n) is 12.8. The van der Waals surface area contributed by atoms with Crippen molar-refractivity contribution in [1.82, 2.24) is 15.2 Å². The first kappa shape index (κ1) is 15.6. The van der Waals surface area contributed by atoms with E-state index in [9.17, 15) is 4.79 Å². The molecule has 1 aromatic carbocycles. The average Bonchev–Trinajstić information content (AvgIpc) is 2.63. The summed E-state index contributed by atoms with van der Waals surface area (Å²) in [5.74, 6) is -0.161. The first-order valence-electron chi connectivity index (χ1n) is 7.82. The van der Waals surface area contributed by atoms with Crippen LogP contribution in [-0.4, -0.2) is 27.4 Å². The number of piperidine rings is 1. The second kappa shape index (κ2) is 7.33. The first-order valence-corrected chi connectivity index (χ1v) is 8.23. The Hall–Kier alpha value is -2.27. The molecule has 23 heavy (non-hydrogen) atoms. The second-order valence-electron chi connectivity index (χ2n) is 5.62. The largest absolute Gasteiger partial charge is 0.342 e. The summed E-state index contributed by atoms with van der Waals surface area (Å²) in [5, 5.41) is 3.36. The van der Waals surface area contributed by atoms with Crippen LogP contribution < -0.4 is 5.32 Å². The van der Waals surface area contributed by atoms with E-state index >= 15 is 0 Å². The van der Waals surface area contributed by atoms with Crippen LogP contribution >= 0.6 is 12.2 Å². The molecule has 118 valence electrons. The van der Waals surface area contributed by atoms with Gasteiger partial charge in [0.15, 0.2) is 5.11 Å². The summed E-state index contributed by atoms with van der Waals surface area (Å²) in [6, 6.07) is 13.3. The zero-order valence-corrected chi connectivity index (χ0v) is 13.6. The van der Waals surface area contributed by atoms with Gasteiger partial charge < -0.3 is 4.90 Å². The van der Waals surface area contributed by atoms with E-state index in [1.165, 1.54) is 0 Å². The van der Waals surface area contributed by atoms with Gasteiger partial charge in [-0.3, -0.25) is 15.1 Å². The lowest BCUT2D eigenvalue weighted by Crippen LogP contribution is -2.46. The van der Waals surface area contributed by atoms with E-state index in [1.807, 2.05) is 30.5 Å². The number of carbonyl (C=O) groups is 1. The van der Waals surface area contributed by atoms with Crippen LogP contribution in [0.4, 0.5) is 0 Å². The number of nitrogens with one attached hydrogen (secondary N) is 1. The molecule has 0 aliphatic carbocycles. The Morgan fingerprint density at radius 2 is 2.00 bits per heavy atom. The summed E-state index contributed by atoms with van der Waals surface area (Å²) in [7, 11) is 0. The van der Waals surface area contributed by atoms with E-state index in [2.05, 4.69) is 21.3 Å². The Kier molecular flexibility index (Phi) is 4.98. The van der Waals surface area contributed by atoms with Gasteiger partial charge in [-0.15, -0.1) is 0 Å². The molecule has 0 bridgehead atoms. The summed E-state index contributed by atoms with van der Waals surface area (Å²) < 4.78 is 0. The van der Waals surface area contributed by atoms with E-state index < -0.39 is 0 Å². The minimum absolute atomic E-state index is 0.161. The fourth-order valence-electron chi connectivity index (χ4n) is 2.92. The van der Waals surface area contributed by atoms with Crippen LogP contribution in [0.1, 0.15) is 41.2 Å². The van der Waals surface area contributed by atoms with Crippen molar-refractivity contribution in [3.63, 3.8) is 0 Å². The van der Waals surface area contributed by atoms with Gasteiger partial charge in [-0.25, -0.2) is 0 Å². The summed E-state index contributed by atoms with van der Waals surface area (Å²) in [6.45, 7) is 0.855. The number of thiocarbonyl (C=S) groups is 1. The third-order valence-corrected chi connectivity index (χ3v) is 4.43. The highest BCUT2D eigenvalue weighted by molar-refractivity contribution is 7.80. The highest BCUT2D eigenvalue weighted by Crippen LogP contribution is 2.30. The molecule has 5 heteroatoms. The van der Waals surface area contributed by atoms with Gasteiger partial charge in [-0.2, -0.15) is 0 Å². The van der Waals surface area contributed by atoms with Gasteiger partial charge in [-0.05, 0) is 55.2 Å². The number of hydrogen-bond donors (Lipinski definition) is 1. The summed E-state index contributed by atoms with van der Waals surface area (Å²) in [6.07, 6.45) is 6.91. The van der Waals surface area contributed by atoms with Crippen LogP contribution in [-0.2, 0) is 0 Å². The molecule has 1 aliphatic rings. The molecule has 1 atom stereocenters. The van der Waals surface area contributed by atoms with Crippen molar-refractivity contribution in [1.29, 1.82) is 0 Å². The van der Waals surface area contributed by atoms with Gasteiger partial charge in [0.2, 0.25) is 0 Å². The van der Waals surface area contributed by atoms with E-state index in [1.54, 1.807) is 18.3 Å². The SMILES string of the molecule is O=C(NC(=S)N1CCCC[C@H]1c1cccnc1)c1ccccc1. The van der Waals surface area contributed by atoms with Gasteiger partial charge in [0.25, 0.3) is 5.91 Å². The van der Waals surface area contributed by atoms with E-state index in [0.717, 1.165) is 31.4 Å². The molecule has 4 nitrogen and oxygen atoms in total. The maximum Gasteiger partial charge on any atom is 0.257 e. The Labute approximate surface area is 141 Å². The number of likely N-dealkylation sites (tertiary alicyclic amines) is 1. The molecule has 1 amide bonds. The predicted molar refractivity (Wildman–Crippen MR) is 94.0 cm³/mol. The zero-order chi connectivity index (χ0) is 16.1. The highest BCUT2D eigenvalue weighted by atomic mass is 32.1. The molecule has 1 fully saturated rings. The lowest BCUT2D eigenvalue weighted by molar-refractivity contribution is 0.0969. The molecule has 3 rings (SSSR count). The maximum absolute atomic E-state index is 12.3. The Bertz CT molecular complexity index is 675. The van der Waals surface area contributed by atoms with Crippen molar-refractivity contribution < 1.29 is 4.79 Å². The van der Waals surface area contributed by atoms with Crippen molar-refractivity contribution in [2.24, 2.45) is 0 Å². The van der Waals surface area contributed by atoms with Crippen LogP contribution in [0, 0.1) is 0 Å². The highest BCUT2D eigenvalue weighted by Gasteiger charge is 2.26. The van der Waals surface area contributed by atoms with Crippen LogP contribution in [0.25, 0.3) is 0 Å². The van der Waals surface area contributed by atoms with Crippen molar-refractivity contribution in [3.8, 4) is 0 Å². The van der Waals surface area contributed by atoms with Gasteiger partial charge in [0.05, 0.1) is 6.04 Å².